The van der Waals surface area contributed by atoms with Crippen molar-refractivity contribution in [3.05, 3.63) is 29.3 Å². The minimum Gasteiger partial charge on any atom is -0.481 e. The van der Waals surface area contributed by atoms with Gasteiger partial charge in [0.05, 0.1) is 0 Å². The van der Waals surface area contributed by atoms with E-state index in [4.69, 9.17) is 4.74 Å². The van der Waals surface area contributed by atoms with E-state index in [-0.39, 0.29) is 12.0 Å². The summed E-state index contributed by atoms with van der Waals surface area (Å²) in [6.45, 7) is 12.9. The number of amides is 1. The maximum Gasteiger partial charge on any atom is 0.263 e. The van der Waals surface area contributed by atoms with Crippen LogP contribution in [-0.2, 0) is 4.79 Å². The molecule has 0 bridgehead atoms. The maximum atomic E-state index is 12.7. The third-order valence-corrected chi connectivity index (χ3v) is 4.53. The normalized spacial score (nSPS) is 17.4. The lowest BCUT2D eigenvalue weighted by Gasteiger charge is -2.35. The molecular weight excluding hydrogens is 276 g/mol. The molecule has 1 heterocycles. The van der Waals surface area contributed by atoms with Crippen LogP contribution >= 0.6 is 0 Å². The van der Waals surface area contributed by atoms with Gasteiger partial charge in [0.2, 0.25) is 0 Å². The van der Waals surface area contributed by atoms with E-state index in [1.54, 1.807) is 0 Å². The fourth-order valence-corrected chi connectivity index (χ4v) is 2.75. The average molecular weight is 304 g/mol. The Kier molecular flexibility index (Phi) is 5.83. The first-order valence-corrected chi connectivity index (χ1v) is 8.30. The van der Waals surface area contributed by atoms with E-state index >= 15 is 0 Å². The zero-order chi connectivity index (χ0) is 16.1. The van der Waals surface area contributed by atoms with E-state index in [2.05, 4.69) is 25.7 Å². The van der Waals surface area contributed by atoms with Gasteiger partial charge in [-0.2, -0.15) is 0 Å². The zero-order valence-corrected chi connectivity index (χ0v) is 14.3. The van der Waals surface area contributed by atoms with Crippen molar-refractivity contribution in [2.45, 2.75) is 40.2 Å². The van der Waals surface area contributed by atoms with Crippen LogP contribution in [0, 0.1) is 13.8 Å². The Labute approximate surface area is 134 Å². The van der Waals surface area contributed by atoms with Crippen LogP contribution in [0.5, 0.6) is 5.75 Å². The summed E-state index contributed by atoms with van der Waals surface area (Å²) in [7, 11) is 0. The summed E-state index contributed by atoms with van der Waals surface area (Å²) in [5.41, 5.74) is 2.43. The van der Waals surface area contributed by atoms with Crippen LogP contribution in [-0.4, -0.2) is 54.5 Å². The molecule has 22 heavy (non-hydrogen) atoms. The van der Waals surface area contributed by atoms with Gasteiger partial charge in [-0.05, 0) is 50.1 Å². The number of ether oxygens (including phenoxy) is 1. The van der Waals surface area contributed by atoms with E-state index in [9.17, 15) is 4.79 Å². The first-order valence-electron chi connectivity index (χ1n) is 8.30. The molecule has 1 amide bonds. The molecule has 2 rings (SSSR count). The fourth-order valence-electron chi connectivity index (χ4n) is 2.75. The van der Waals surface area contributed by atoms with Gasteiger partial charge in [-0.25, -0.2) is 0 Å². The molecule has 0 radical (unpaired) electrons. The van der Waals surface area contributed by atoms with E-state index in [0.717, 1.165) is 38.5 Å². The molecule has 122 valence electrons. The van der Waals surface area contributed by atoms with Crippen molar-refractivity contribution in [1.82, 2.24) is 9.80 Å². The van der Waals surface area contributed by atoms with E-state index in [1.165, 1.54) is 11.1 Å². The molecule has 0 aromatic heterocycles. The first kappa shape index (κ1) is 16.8. The molecule has 0 spiro atoms. The Hall–Kier alpha value is -1.55. The lowest BCUT2D eigenvalue weighted by molar-refractivity contribution is -0.140. The number of carbonyl (C=O) groups is 1. The highest BCUT2D eigenvalue weighted by atomic mass is 16.5. The molecular formula is C18H28N2O2. The molecule has 4 nitrogen and oxygen atoms in total. The maximum absolute atomic E-state index is 12.7. The highest BCUT2D eigenvalue weighted by molar-refractivity contribution is 5.81. The van der Waals surface area contributed by atoms with Crippen LogP contribution < -0.4 is 4.74 Å². The summed E-state index contributed by atoms with van der Waals surface area (Å²) in [5.74, 6) is 0.909. The van der Waals surface area contributed by atoms with E-state index in [1.807, 2.05) is 30.0 Å². The number of hydrogen-bond donors (Lipinski definition) is 0. The summed E-state index contributed by atoms with van der Waals surface area (Å²) < 4.78 is 5.96. The van der Waals surface area contributed by atoms with Gasteiger partial charge >= 0.3 is 0 Å². The molecule has 4 heteroatoms. The van der Waals surface area contributed by atoms with Crippen molar-refractivity contribution < 1.29 is 9.53 Å². The first-order chi connectivity index (χ1) is 10.5. The van der Waals surface area contributed by atoms with Crippen LogP contribution in [0.25, 0.3) is 0 Å². The van der Waals surface area contributed by atoms with Gasteiger partial charge < -0.3 is 14.5 Å². The van der Waals surface area contributed by atoms with E-state index in [0.29, 0.717) is 6.42 Å². The van der Waals surface area contributed by atoms with Crippen molar-refractivity contribution in [2.24, 2.45) is 0 Å². The lowest BCUT2D eigenvalue weighted by Crippen LogP contribution is -2.52. The molecule has 1 atom stereocenters. The van der Waals surface area contributed by atoms with Crippen LogP contribution in [0.15, 0.2) is 18.2 Å². The number of carbonyl (C=O) groups excluding carboxylic acids is 1. The Bertz CT molecular complexity index is 508. The standard InChI is InChI=1S/C18H28N2O2/c1-5-17(22-16-8-7-14(3)15(4)13-16)18(21)20-11-9-19(6-2)10-12-20/h7-8,13,17H,5-6,9-12H2,1-4H3/t17-/m1/s1. The van der Waals surface area contributed by atoms with Crippen molar-refractivity contribution in [3.8, 4) is 5.75 Å². The van der Waals surface area contributed by atoms with Crippen LogP contribution in [0.2, 0.25) is 0 Å². The molecule has 1 aliphatic rings. The Balaban J connectivity index is 1.98. The average Bonchev–Trinajstić information content (AvgIpc) is 2.55. The monoisotopic (exact) mass is 304 g/mol. The lowest BCUT2D eigenvalue weighted by atomic mass is 10.1. The Morgan fingerprint density at radius 2 is 1.82 bits per heavy atom. The third-order valence-electron chi connectivity index (χ3n) is 4.53. The summed E-state index contributed by atoms with van der Waals surface area (Å²) in [4.78, 5) is 17.0. The number of hydrogen-bond acceptors (Lipinski definition) is 3. The van der Waals surface area contributed by atoms with Crippen LogP contribution in [0.1, 0.15) is 31.4 Å². The van der Waals surface area contributed by atoms with Crippen molar-refractivity contribution in [2.75, 3.05) is 32.7 Å². The summed E-state index contributed by atoms with van der Waals surface area (Å²) >= 11 is 0. The smallest absolute Gasteiger partial charge is 0.263 e. The SMILES string of the molecule is CC[C@@H](Oc1ccc(C)c(C)c1)C(=O)N1CCN(CC)CC1. The molecule has 1 fully saturated rings. The largest absolute Gasteiger partial charge is 0.481 e. The zero-order valence-electron chi connectivity index (χ0n) is 14.3. The minimum atomic E-state index is -0.379. The van der Waals surface area contributed by atoms with Crippen LogP contribution in [0.3, 0.4) is 0 Å². The number of likely N-dealkylation sites (N-methyl/N-ethyl adjacent to an activating group) is 1. The number of benzene rings is 1. The molecule has 0 aliphatic carbocycles. The molecule has 0 saturated carbocycles. The molecule has 1 aromatic carbocycles. The van der Waals surface area contributed by atoms with Crippen molar-refractivity contribution in [3.63, 3.8) is 0 Å². The molecule has 1 saturated heterocycles. The summed E-state index contributed by atoms with van der Waals surface area (Å²) in [6.07, 6.45) is 0.315. The Morgan fingerprint density at radius 1 is 1.14 bits per heavy atom. The predicted molar refractivity (Wildman–Crippen MR) is 89.3 cm³/mol. The number of nitrogens with zero attached hydrogens (tertiary/aromatic N) is 2. The molecule has 1 aliphatic heterocycles. The second kappa shape index (κ2) is 7.63. The number of aryl methyl sites for hydroxylation is 2. The minimum absolute atomic E-state index is 0.122. The van der Waals surface area contributed by atoms with Crippen molar-refractivity contribution in [1.29, 1.82) is 0 Å². The molecule has 0 unspecified atom stereocenters. The molecule has 1 aromatic rings. The van der Waals surface area contributed by atoms with Gasteiger partial charge in [-0.15, -0.1) is 0 Å². The second-order valence-electron chi connectivity index (χ2n) is 6.02. The number of rotatable bonds is 5. The topological polar surface area (TPSA) is 32.8 Å². The highest BCUT2D eigenvalue weighted by Crippen LogP contribution is 2.19. The van der Waals surface area contributed by atoms with E-state index < -0.39 is 0 Å². The third kappa shape index (κ3) is 4.01. The van der Waals surface area contributed by atoms with Gasteiger partial charge in [0.15, 0.2) is 6.10 Å². The predicted octanol–water partition coefficient (Wildman–Crippen LogP) is 2.62. The Morgan fingerprint density at radius 3 is 2.36 bits per heavy atom. The van der Waals surface area contributed by atoms with Crippen molar-refractivity contribution >= 4 is 5.91 Å². The summed E-state index contributed by atoms with van der Waals surface area (Å²) in [6, 6.07) is 6.01. The van der Waals surface area contributed by atoms with Crippen LogP contribution in [0.4, 0.5) is 0 Å². The van der Waals surface area contributed by atoms with Gasteiger partial charge in [0.1, 0.15) is 5.75 Å². The second-order valence-corrected chi connectivity index (χ2v) is 6.02. The van der Waals surface area contributed by atoms with Gasteiger partial charge in [-0.3, -0.25) is 4.79 Å². The quantitative estimate of drug-likeness (QED) is 0.838. The highest BCUT2D eigenvalue weighted by Gasteiger charge is 2.27. The van der Waals surface area contributed by atoms with Gasteiger partial charge in [0, 0.05) is 26.2 Å². The summed E-state index contributed by atoms with van der Waals surface area (Å²) in [5, 5.41) is 0. The van der Waals surface area contributed by atoms with Gasteiger partial charge in [-0.1, -0.05) is 19.9 Å². The van der Waals surface area contributed by atoms with Gasteiger partial charge in [0.25, 0.3) is 5.91 Å². The number of piperazine rings is 1. The molecule has 0 N–H and O–H groups in total. The fraction of sp³-hybridized carbons (Fsp3) is 0.611.